The number of hydrogen-bond acceptors (Lipinski definition) is 4. The summed E-state index contributed by atoms with van der Waals surface area (Å²) >= 11 is 5.99. The van der Waals surface area contributed by atoms with Gasteiger partial charge in [0.2, 0.25) is 0 Å². The van der Waals surface area contributed by atoms with Gasteiger partial charge in [0, 0.05) is 24.5 Å². The van der Waals surface area contributed by atoms with E-state index in [0.717, 1.165) is 11.1 Å². The first-order chi connectivity index (χ1) is 13.7. The van der Waals surface area contributed by atoms with Crippen molar-refractivity contribution < 1.29 is 24.2 Å². The van der Waals surface area contributed by atoms with Crippen LogP contribution in [0.3, 0.4) is 0 Å². The monoisotopic (exact) mass is 418 g/mol. The zero-order chi connectivity index (χ0) is 21.4. The van der Waals surface area contributed by atoms with Gasteiger partial charge >= 0.3 is 5.97 Å². The average Bonchev–Trinajstić information content (AvgIpc) is 2.67. The fourth-order valence-corrected chi connectivity index (χ4v) is 3.14. The number of aryl methyl sites for hydroxylation is 1. The van der Waals surface area contributed by atoms with E-state index in [1.54, 1.807) is 51.1 Å². The van der Waals surface area contributed by atoms with Gasteiger partial charge < -0.3 is 14.6 Å². The summed E-state index contributed by atoms with van der Waals surface area (Å²) < 4.78 is 11.1. The highest BCUT2D eigenvalue weighted by molar-refractivity contribution is 6.30. The predicted octanol–water partition coefficient (Wildman–Crippen LogP) is 4.73. The molecule has 0 amide bonds. The maximum absolute atomic E-state index is 12.6. The van der Waals surface area contributed by atoms with E-state index in [0.29, 0.717) is 30.2 Å². The smallest absolute Gasteiger partial charge is 0.333 e. The van der Waals surface area contributed by atoms with E-state index in [4.69, 9.17) is 21.1 Å². The lowest BCUT2D eigenvalue weighted by molar-refractivity contribution is -0.150. The highest BCUT2D eigenvalue weighted by atomic mass is 35.5. The van der Waals surface area contributed by atoms with Crippen LogP contribution in [0.1, 0.15) is 38.3 Å². The Hall–Kier alpha value is -2.37. The van der Waals surface area contributed by atoms with E-state index in [-0.39, 0.29) is 12.2 Å². The Balaban J connectivity index is 1.94. The summed E-state index contributed by atoms with van der Waals surface area (Å²) in [5.74, 6) is -0.444. The van der Waals surface area contributed by atoms with Gasteiger partial charge in [0.1, 0.15) is 5.75 Å². The van der Waals surface area contributed by atoms with E-state index >= 15 is 0 Å². The number of ether oxygens (including phenoxy) is 2. The number of ketones is 1. The molecule has 0 bridgehead atoms. The number of Topliss-reactive ketones (excluding diaryl/α,β-unsaturated/α-hetero) is 1. The Bertz CT molecular complexity index is 829. The molecule has 2 aromatic carbocycles. The largest absolute Gasteiger partial charge is 0.480 e. The molecule has 1 atom stereocenters. The van der Waals surface area contributed by atoms with Crippen molar-refractivity contribution in [3.05, 3.63) is 64.7 Å². The van der Waals surface area contributed by atoms with Gasteiger partial charge in [-0.15, -0.1) is 0 Å². The topological polar surface area (TPSA) is 72.8 Å². The van der Waals surface area contributed by atoms with E-state index < -0.39 is 17.7 Å². The Kier molecular flexibility index (Phi) is 8.23. The summed E-state index contributed by atoms with van der Waals surface area (Å²) in [6.45, 7) is 5.59. The molecule has 0 radical (unpaired) electrons. The Morgan fingerprint density at radius 3 is 2.38 bits per heavy atom. The molecule has 0 saturated carbocycles. The number of rotatable bonds is 11. The van der Waals surface area contributed by atoms with Gasteiger partial charge in [-0.3, -0.25) is 4.79 Å². The van der Waals surface area contributed by atoms with E-state index in [9.17, 15) is 14.7 Å². The molecule has 0 aliphatic heterocycles. The van der Waals surface area contributed by atoms with Crippen LogP contribution in [0.2, 0.25) is 5.02 Å². The summed E-state index contributed by atoms with van der Waals surface area (Å²) in [5.41, 5.74) is 0.853. The van der Waals surface area contributed by atoms with Crippen LogP contribution in [-0.2, 0) is 27.2 Å². The van der Waals surface area contributed by atoms with Gasteiger partial charge in [0.05, 0.1) is 0 Å². The number of aliphatic carboxylic acids is 1. The minimum Gasteiger partial charge on any atom is -0.480 e. The molecule has 0 unspecified atom stereocenters. The number of carbonyl (C=O) groups excluding carboxylic acids is 1. The van der Waals surface area contributed by atoms with Gasteiger partial charge in [0.15, 0.2) is 17.5 Å². The van der Waals surface area contributed by atoms with Gasteiger partial charge in [-0.2, -0.15) is 0 Å². The van der Waals surface area contributed by atoms with Crippen molar-refractivity contribution in [2.75, 3.05) is 6.61 Å². The van der Waals surface area contributed by atoms with Gasteiger partial charge in [-0.25, -0.2) is 4.79 Å². The van der Waals surface area contributed by atoms with Crippen LogP contribution in [0, 0.1) is 0 Å². The Morgan fingerprint density at radius 2 is 1.79 bits per heavy atom. The number of carboxylic acid groups (broad SMARTS) is 1. The fraction of sp³-hybridized carbons (Fsp3) is 0.391. The normalized spacial score (nSPS) is 12.4. The molecule has 1 N–H and O–H groups in total. The minimum atomic E-state index is -0.987. The molecule has 0 aliphatic rings. The lowest BCUT2D eigenvalue weighted by Crippen LogP contribution is -2.38. The molecule has 0 saturated heterocycles. The zero-order valence-corrected chi connectivity index (χ0v) is 17.7. The molecule has 29 heavy (non-hydrogen) atoms. The number of hydrogen-bond donors (Lipinski definition) is 1. The van der Waals surface area contributed by atoms with Gasteiger partial charge in [0.25, 0.3) is 0 Å². The summed E-state index contributed by atoms with van der Waals surface area (Å²) in [6.07, 6.45) is 0.334. The Morgan fingerprint density at radius 1 is 1.10 bits per heavy atom. The van der Waals surface area contributed by atoms with Crippen molar-refractivity contribution in [2.24, 2.45) is 0 Å². The van der Waals surface area contributed by atoms with Crippen molar-refractivity contribution in [1.82, 2.24) is 0 Å². The molecule has 0 heterocycles. The highest BCUT2D eigenvalue weighted by Crippen LogP contribution is 2.22. The lowest BCUT2D eigenvalue weighted by atomic mass is 9.97. The first kappa shape index (κ1) is 22.9. The average molecular weight is 419 g/mol. The molecule has 2 rings (SSSR count). The molecular formula is C23H27ClO5. The minimum absolute atomic E-state index is 0.0103. The van der Waals surface area contributed by atoms with Crippen LogP contribution in [0.25, 0.3) is 0 Å². The maximum atomic E-state index is 12.6. The predicted molar refractivity (Wildman–Crippen MR) is 113 cm³/mol. The second-order valence-electron chi connectivity index (χ2n) is 7.30. The maximum Gasteiger partial charge on any atom is 0.333 e. The quantitative estimate of drug-likeness (QED) is 0.571. The molecule has 156 valence electrons. The molecule has 0 aromatic heterocycles. The first-order valence-electron chi connectivity index (χ1n) is 9.61. The van der Waals surface area contributed by atoms with E-state index in [1.807, 2.05) is 18.2 Å². The standard InChI is InChI=1S/C23H27ClO5/c1-4-28-20(22(26)27)15-17-8-11-19(12-9-17)29-23(2,3)21(25)13-10-16-6-5-7-18(24)14-16/h5-9,11-12,14,20H,4,10,13,15H2,1-3H3,(H,26,27)/t20-/m0/s1. The molecule has 5 nitrogen and oxygen atoms in total. The Labute approximate surface area is 176 Å². The van der Waals surface area contributed by atoms with Crippen LogP contribution in [0.5, 0.6) is 5.75 Å². The first-order valence-corrected chi connectivity index (χ1v) is 9.99. The number of carboxylic acids is 1. The van der Waals surface area contributed by atoms with Crippen LogP contribution in [0.15, 0.2) is 48.5 Å². The third-order valence-electron chi connectivity index (χ3n) is 4.56. The zero-order valence-electron chi connectivity index (χ0n) is 17.0. The van der Waals surface area contributed by atoms with E-state index in [2.05, 4.69) is 0 Å². The van der Waals surface area contributed by atoms with Crippen LogP contribution in [-0.4, -0.2) is 35.2 Å². The van der Waals surface area contributed by atoms with Crippen LogP contribution < -0.4 is 4.74 Å². The summed E-state index contributed by atoms with van der Waals surface area (Å²) in [4.78, 5) is 23.9. The van der Waals surface area contributed by atoms with Crippen LogP contribution >= 0.6 is 11.6 Å². The van der Waals surface area contributed by atoms with Gasteiger partial charge in [-0.1, -0.05) is 35.9 Å². The number of carbonyl (C=O) groups is 2. The molecular weight excluding hydrogens is 392 g/mol. The molecule has 0 fully saturated rings. The highest BCUT2D eigenvalue weighted by Gasteiger charge is 2.29. The molecule has 2 aromatic rings. The molecule has 6 heteroatoms. The molecule has 0 spiro atoms. The number of halogens is 1. The van der Waals surface area contributed by atoms with Crippen molar-refractivity contribution in [3.63, 3.8) is 0 Å². The van der Waals surface area contributed by atoms with Crippen LogP contribution in [0.4, 0.5) is 0 Å². The summed E-state index contributed by atoms with van der Waals surface area (Å²) in [7, 11) is 0. The summed E-state index contributed by atoms with van der Waals surface area (Å²) in [6, 6.07) is 14.5. The second kappa shape index (κ2) is 10.4. The van der Waals surface area contributed by atoms with Crippen molar-refractivity contribution in [2.45, 2.75) is 51.7 Å². The third kappa shape index (κ3) is 7.18. The summed E-state index contributed by atoms with van der Waals surface area (Å²) in [5, 5.41) is 9.84. The number of benzene rings is 2. The fourth-order valence-electron chi connectivity index (χ4n) is 2.93. The van der Waals surface area contributed by atoms with E-state index in [1.165, 1.54) is 0 Å². The SMILES string of the molecule is CCO[C@@H](Cc1ccc(OC(C)(C)C(=O)CCc2cccc(Cl)c2)cc1)C(=O)O. The second-order valence-corrected chi connectivity index (χ2v) is 7.73. The van der Waals surface area contributed by atoms with Crippen molar-refractivity contribution in [1.29, 1.82) is 0 Å². The lowest BCUT2D eigenvalue weighted by Gasteiger charge is -2.25. The molecule has 0 aliphatic carbocycles. The third-order valence-corrected chi connectivity index (χ3v) is 4.80. The van der Waals surface area contributed by atoms with Crippen molar-refractivity contribution >= 4 is 23.4 Å². The van der Waals surface area contributed by atoms with Gasteiger partial charge in [-0.05, 0) is 62.6 Å². The van der Waals surface area contributed by atoms with Crippen molar-refractivity contribution in [3.8, 4) is 5.75 Å².